The van der Waals surface area contributed by atoms with Gasteiger partial charge in [-0.25, -0.2) is 0 Å². The number of carbonyl (C=O) groups excluding carboxylic acids is 1. The molecule has 2 aliphatic heterocycles. The highest BCUT2D eigenvalue weighted by Crippen LogP contribution is 2.34. The zero-order valence-corrected chi connectivity index (χ0v) is 14.9. The van der Waals surface area contributed by atoms with Crippen LogP contribution in [0.15, 0.2) is 24.3 Å². The zero-order valence-electron chi connectivity index (χ0n) is 14.9. The first kappa shape index (κ1) is 16.9. The molecule has 0 bridgehead atoms. The maximum Gasteiger partial charge on any atom is 0.249 e. The molecule has 1 saturated carbocycles. The number of amides is 1. The molecule has 0 unspecified atom stereocenters. The van der Waals surface area contributed by atoms with E-state index in [9.17, 15) is 4.79 Å². The fourth-order valence-corrected chi connectivity index (χ4v) is 4.23. The van der Waals surface area contributed by atoms with Gasteiger partial charge in [0, 0.05) is 24.7 Å². The van der Waals surface area contributed by atoms with Gasteiger partial charge in [-0.1, -0.05) is 18.2 Å². The lowest BCUT2D eigenvalue weighted by Crippen LogP contribution is -2.45. The normalized spacial score (nSPS) is 29.7. The second-order valence-electron chi connectivity index (χ2n) is 7.63. The van der Waals surface area contributed by atoms with Crippen LogP contribution in [-0.4, -0.2) is 49.3 Å². The Morgan fingerprint density at radius 1 is 1.32 bits per heavy atom. The van der Waals surface area contributed by atoms with Gasteiger partial charge in [-0.2, -0.15) is 0 Å². The van der Waals surface area contributed by atoms with Crippen molar-refractivity contribution in [1.82, 2.24) is 10.2 Å². The number of nitrogens with one attached hydrogen (secondary N) is 1. The van der Waals surface area contributed by atoms with Crippen LogP contribution in [0.1, 0.15) is 37.7 Å². The number of nitrogens with zero attached hydrogens (tertiary/aromatic N) is 1. The lowest BCUT2D eigenvalue weighted by Gasteiger charge is -2.34. The largest absolute Gasteiger partial charge is 0.496 e. The number of hydrogen-bond acceptors (Lipinski definition) is 4. The Labute approximate surface area is 149 Å². The highest BCUT2D eigenvalue weighted by molar-refractivity contribution is 5.81. The summed E-state index contributed by atoms with van der Waals surface area (Å²) in [6.45, 7) is 2.82. The molecule has 1 aromatic carbocycles. The van der Waals surface area contributed by atoms with Crippen LogP contribution in [0.25, 0.3) is 0 Å². The van der Waals surface area contributed by atoms with E-state index in [0.717, 1.165) is 51.1 Å². The number of para-hydroxylation sites is 1. The van der Waals surface area contributed by atoms with Crippen LogP contribution in [-0.2, 0) is 16.1 Å². The van der Waals surface area contributed by atoms with E-state index in [1.807, 2.05) is 12.1 Å². The van der Waals surface area contributed by atoms with Gasteiger partial charge in [-0.3, -0.25) is 9.69 Å². The van der Waals surface area contributed by atoms with Crippen LogP contribution in [0.4, 0.5) is 0 Å². The molecule has 3 atom stereocenters. The summed E-state index contributed by atoms with van der Waals surface area (Å²) in [7, 11) is 1.72. The van der Waals surface area contributed by atoms with E-state index in [4.69, 9.17) is 9.47 Å². The molecule has 2 saturated heterocycles. The monoisotopic (exact) mass is 344 g/mol. The third-order valence-corrected chi connectivity index (χ3v) is 5.97. The Balaban J connectivity index is 1.32. The number of rotatable bonds is 5. The first-order chi connectivity index (χ1) is 12.2. The lowest BCUT2D eigenvalue weighted by atomic mass is 9.90. The minimum atomic E-state index is -0.248. The number of hydrogen-bond donors (Lipinski definition) is 1. The second kappa shape index (κ2) is 7.34. The van der Waals surface area contributed by atoms with Gasteiger partial charge in [0.2, 0.25) is 5.91 Å². The molecule has 1 N–H and O–H groups in total. The summed E-state index contributed by atoms with van der Waals surface area (Å²) in [4.78, 5) is 14.8. The van der Waals surface area contributed by atoms with Crippen molar-refractivity contribution in [3.05, 3.63) is 29.8 Å². The molecule has 1 aromatic rings. The van der Waals surface area contributed by atoms with Gasteiger partial charge in [0.15, 0.2) is 0 Å². The van der Waals surface area contributed by atoms with Crippen molar-refractivity contribution >= 4 is 5.91 Å². The smallest absolute Gasteiger partial charge is 0.249 e. The summed E-state index contributed by atoms with van der Waals surface area (Å²) in [5, 5.41) is 3.14. The Hall–Kier alpha value is -1.59. The maximum atomic E-state index is 12.4. The summed E-state index contributed by atoms with van der Waals surface area (Å²) in [5.74, 6) is 1.57. The molecule has 0 radical (unpaired) electrons. The number of piperidine rings is 1. The number of ether oxygens (including phenoxy) is 2. The van der Waals surface area contributed by atoms with E-state index in [1.165, 1.54) is 12.0 Å². The first-order valence-electron chi connectivity index (χ1n) is 9.53. The van der Waals surface area contributed by atoms with Crippen LogP contribution in [0, 0.1) is 5.92 Å². The molecule has 5 heteroatoms. The molecule has 0 aromatic heterocycles. The molecule has 4 rings (SSSR count). The molecule has 1 amide bonds. The van der Waals surface area contributed by atoms with Crippen molar-refractivity contribution in [2.75, 3.05) is 20.2 Å². The van der Waals surface area contributed by atoms with Gasteiger partial charge in [0.05, 0.1) is 13.2 Å². The van der Waals surface area contributed by atoms with Crippen LogP contribution in [0.2, 0.25) is 0 Å². The number of fused-ring (bicyclic) bond motifs is 1. The molecule has 136 valence electrons. The van der Waals surface area contributed by atoms with Crippen molar-refractivity contribution in [2.24, 2.45) is 5.92 Å². The zero-order chi connectivity index (χ0) is 17.2. The Morgan fingerprint density at radius 3 is 2.92 bits per heavy atom. The minimum Gasteiger partial charge on any atom is -0.496 e. The third-order valence-electron chi connectivity index (χ3n) is 5.97. The van der Waals surface area contributed by atoms with Gasteiger partial charge >= 0.3 is 0 Å². The number of methoxy groups -OCH3 is 1. The minimum absolute atomic E-state index is 0.107. The average molecular weight is 344 g/mol. The average Bonchev–Trinajstić information content (AvgIpc) is 3.02. The molecule has 0 spiro atoms. The first-order valence-corrected chi connectivity index (χ1v) is 9.53. The molecule has 2 heterocycles. The summed E-state index contributed by atoms with van der Waals surface area (Å²) in [5.41, 5.74) is 1.21. The lowest BCUT2D eigenvalue weighted by molar-refractivity contribution is -0.134. The van der Waals surface area contributed by atoms with Crippen molar-refractivity contribution in [2.45, 2.75) is 56.9 Å². The van der Waals surface area contributed by atoms with E-state index in [1.54, 1.807) is 7.11 Å². The second-order valence-corrected chi connectivity index (χ2v) is 7.63. The topological polar surface area (TPSA) is 50.8 Å². The number of carbonyl (C=O) groups is 1. The van der Waals surface area contributed by atoms with Gasteiger partial charge in [-0.05, 0) is 50.6 Å². The van der Waals surface area contributed by atoms with Gasteiger partial charge in [0.25, 0.3) is 0 Å². The predicted molar refractivity (Wildman–Crippen MR) is 95.4 cm³/mol. The molecular formula is C20H28N2O3. The standard InChI is InChI=1S/C20H28N2O3/c1-24-17-8-3-2-5-15(17)12-22-10-9-14-11-18(25-19(14)13-22)20(23)21-16-6-4-7-16/h2-3,5,8,14,16,18-19H,4,6-7,9-13H2,1H3,(H,21,23)/t14-,18-,19+/m0/s1. The summed E-state index contributed by atoms with van der Waals surface area (Å²) < 4.78 is 11.6. The Bertz CT molecular complexity index is 617. The maximum absolute atomic E-state index is 12.4. The number of benzene rings is 1. The highest BCUT2D eigenvalue weighted by atomic mass is 16.5. The molecule has 25 heavy (non-hydrogen) atoms. The fraction of sp³-hybridized carbons (Fsp3) is 0.650. The fourth-order valence-electron chi connectivity index (χ4n) is 4.23. The van der Waals surface area contributed by atoms with Crippen LogP contribution < -0.4 is 10.1 Å². The third kappa shape index (κ3) is 3.67. The van der Waals surface area contributed by atoms with E-state index >= 15 is 0 Å². The van der Waals surface area contributed by atoms with Crippen LogP contribution in [0.3, 0.4) is 0 Å². The quantitative estimate of drug-likeness (QED) is 0.891. The summed E-state index contributed by atoms with van der Waals surface area (Å²) >= 11 is 0. The molecular weight excluding hydrogens is 316 g/mol. The predicted octanol–water partition coefficient (Wildman–Crippen LogP) is 2.34. The number of likely N-dealkylation sites (tertiary alicyclic amines) is 1. The van der Waals surface area contributed by atoms with Gasteiger partial charge in [-0.15, -0.1) is 0 Å². The van der Waals surface area contributed by atoms with Gasteiger partial charge < -0.3 is 14.8 Å². The molecule has 3 fully saturated rings. The summed E-state index contributed by atoms with van der Waals surface area (Å²) in [6.07, 6.45) is 5.40. The Morgan fingerprint density at radius 2 is 2.16 bits per heavy atom. The van der Waals surface area contributed by atoms with E-state index in [-0.39, 0.29) is 18.1 Å². The SMILES string of the molecule is COc1ccccc1CN1CC[C@H]2C[C@@H](C(=O)NC3CCC3)O[C@@H]2C1. The van der Waals surface area contributed by atoms with Crippen molar-refractivity contribution < 1.29 is 14.3 Å². The molecule has 1 aliphatic carbocycles. The van der Waals surface area contributed by atoms with Crippen LogP contribution >= 0.6 is 0 Å². The highest BCUT2D eigenvalue weighted by Gasteiger charge is 2.42. The summed E-state index contributed by atoms with van der Waals surface area (Å²) in [6, 6.07) is 8.57. The van der Waals surface area contributed by atoms with Crippen molar-refractivity contribution in [1.29, 1.82) is 0 Å². The van der Waals surface area contributed by atoms with Crippen molar-refractivity contribution in [3.8, 4) is 5.75 Å². The van der Waals surface area contributed by atoms with Gasteiger partial charge in [0.1, 0.15) is 11.9 Å². The van der Waals surface area contributed by atoms with E-state index in [0.29, 0.717) is 12.0 Å². The van der Waals surface area contributed by atoms with E-state index < -0.39 is 0 Å². The van der Waals surface area contributed by atoms with Crippen LogP contribution in [0.5, 0.6) is 5.75 Å². The van der Waals surface area contributed by atoms with Crippen molar-refractivity contribution in [3.63, 3.8) is 0 Å². The Kier molecular flexibility index (Phi) is 4.95. The molecule has 5 nitrogen and oxygen atoms in total. The molecule has 3 aliphatic rings. The van der Waals surface area contributed by atoms with E-state index in [2.05, 4.69) is 22.3 Å².